The fourth-order valence-electron chi connectivity index (χ4n) is 2.18. The number of hydrazine groups is 1. The molecule has 23 heavy (non-hydrogen) atoms. The van der Waals surface area contributed by atoms with E-state index in [2.05, 4.69) is 15.8 Å². The minimum Gasteiger partial charge on any atom is -0.318 e. The first-order chi connectivity index (χ1) is 11.2. The normalized spacial score (nSPS) is 11.4. The summed E-state index contributed by atoms with van der Waals surface area (Å²) in [5.41, 5.74) is 6.51. The van der Waals surface area contributed by atoms with E-state index in [-0.39, 0.29) is 18.4 Å². The largest absolute Gasteiger partial charge is 0.318 e. The predicted octanol–water partition coefficient (Wildman–Crippen LogP) is 1.88. The van der Waals surface area contributed by atoms with E-state index in [1.807, 2.05) is 42.7 Å². The van der Waals surface area contributed by atoms with Gasteiger partial charge in [0.1, 0.15) is 12.4 Å². The van der Waals surface area contributed by atoms with Crippen LogP contribution in [0.3, 0.4) is 0 Å². The van der Waals surface area contributed by atoms with Crippen molar-refractivity contribution in [2.75, 3.05) is 0 Å². The first-order valence-corrected chi connectivity index (χ1v) is 7.48. The van der Waals surface area contributed by atoms with Crippen LogP contribution in [0.1, 0.15) is 19.7 Å². The Labute approximate surface area is 134 Å². The van der Waals surface area contributed by atoms with Crippen LogP contribution in [-0.2, 0) is 22.6 Å². The smallest absolute Gasteiger partial charge is 0.262 e. The second-order valence-electron chi connectivity index (χ2n) is 4.88. The summed E-state index contributed by atoms with van der Waals surface area (Å²) in [7, 11) is 0. The van der Waals surface area contributed by atoms with Crippen LogP contribution in [0.5, 0.6) is 0 Å². The number of nitrogens with zero attached hydrogens (tertiary/aromatic N) is 2. The highest BCUT2D eigenvalue weighted by Gasteiger charge is 2.12. The van der Waals surface area contributed by atoms with Crippen molar-refractivity contribution in [1.82, 2.24) is 20.4 Å². The number of imidazole rings is 1. The number of fused-ring (bicyclic) bond motifs is 1. The summed E-state index contributed by atoms with van der Waals surface area (Å²) in [6.45, 7) is 3.94. The lowest BCUT2D eigenvalue weighted by molar-refractivity contribution is -0.127. The quantitative estimate of drug-likeness (QED) is 0.503. The van der Waals surface area contributed by atoms with Crippen LogP contribution in [0.25, 0.3) is 11.0 Å². The summed E-state index contributed by atoms with van der Waals surface area (Å²) in [4.78, 5) is 28.0. The molecule has 0 aliphatic carbocycles. The summed E-state index contributed by atoms with van der Waals surface area (Å²) in [6.07, 6.45) is 7.19. The number of aromatic nitrogens is 2. The fourth-order valence-corrected chi connectivity index (χ4v) is 2.18. The third-order valence-electron chi connectivity index (χ3n) is 3.23. The number of hydrogen-bond acceptors (Lipinski definition) is 3. The van der Waals surface area contributed by atoms with Gasteiger partial charge in [-0.25, -0.2) is 4.98 Å². The first-order valence-electron chi connectivity index (χ1n) is 7.48. The van der Waals surface area contributed by atoms with E-state index in [1.54, 1.807) is 18.2 Å². The van der Waals surface area contributed by atoms with Gasteiger partial charge in [0.15, 0.2) is 0 Å². The number of aryl methyl sites for hydroxylation is 1. The Morgan fingerprint density at radius 2 is 2.00 bits per heavy atom. The summed E-state index contributed by atoms with van der Waals surface area (Å²) in [5.74, 6) is 0.138. The van der Waals surface area contributed by atoms with Crippen molar-refractivity contribution in [3.63, 3.8) is 0 Å². The second-order valence-corrected chi connectivity index (χ2v) is 4.88. The van der Waals surface area contributed by atoms with Crippen molar-refractivity contribution in [1.29, 1.82) is 0 Å². The minimum absolute atomic E-state index is 0.0997. The molecule has 120 valence electrons. The monoisotopic (exact) mass is 312 g/mol. The first kappa shape index (κ1) is 16.5. The lowest BCUT2D eigenvalue weighted by atomic mass is 10.3. The predicted molar refractivity (Wildman–Crippen MR) is 89.4 cm³/mol. The Bertz CT molecular complexity index is 759. The van der Waals surface area contributed by atoms with Crippen molar-refractivity contribution < 1.29 is 9.59 Å². The topological polar surface area (TPSA) is 76.0 Å². The van der Waals surface area contributed by atoms with E-state index in [1.165, 1.54) is 6.08 Å². The molecule has 1 aromatic heterocycles. The zero-order chi connectivity index (χ0) is 16.7. The Morgan fingerprint density at radius 1 is 1.22 bits per heavy atom. The molecule has 6 heteroatoms. The van der Waals surface area contributed by atoms with Gasteiger partial charge in [0.05, 0.1) is 11.0 Å². The van der Waals surface area contributed by atoms with Crippen LogP contribution in [0.15, 0.2) is 48.6 Å². The number of carbonyl (C=O) groups is 2. The van der Waals surface area contributed by atoms with Gasteiger partial charge in [0, 0.05) is 12.5 Å². The molecule has 0 saturated heterocycles. The van der Waals surface area contributed by atoms with Gasteiger partial charge in [0.2, 0.25) is 0 Å². The molecule has 0 radical (unpaired) electrons. The molecule has 6 nitrogen and oxygen atoms in total. The van der Waals surface area contributed by atoms with E-state index >= 15 is 0 Å². The third kappa shape index (κ3) is 4.29. The van der Waals surface area contributed by atoms with Crippen LogP contribution in [0, 0.1) is 0 Å². The molecule has 2 rings (SSSR count). The van der Waals surface area contributed by atoms with E-state index < -0.39 is 0 Å². The summed E-state index contributed by atoms with van der Waals surface area (Å²) in [5, 5.41) is 0. The van der Waals surface area contributed by atoms with Gasteiger partial charge in [-0.2, -0.15) is 0 Å². The van der Waals surface area contributed by atoms with E-state index in [9.17, 15) is 9.59 Å². The van der Waals surface area contributed by atoms with Crippen molar-refractivity contribution in [2.45, 2.75) is 26.8 Å². The maximum atomic E-state index is 12.0. The van der Waals surface area contributed by atoms with E-state index in [0.717, 1.165) is 23.3 Å². The van der Waals surface area contributed by atoms with Crippen LogP contribution in [-0.4, -0.2) is 21.4 Å². The zero-order valence-electron chi connectivity index (χ0n) is 13.2. The third-order valence-corrected chi connectivity index (χ3v) is 3.23. The van der Waals surface area contributed by atoms with Gasteiger partial charge in [-0.15, -0.1) is 0 Å². The highest BCUT2D eigenvalue weighted by molar-refractivity contribution is 5.90. The molecule has 0 atom stereocenters. The number of hydrogen-bond donors (Lipinski definition) is 2. The van der Waals surface area contributed by atoms with Gasteiger partial charge >= 0.3 is 0 Å². The number of amides is 2. The number of para-hydroxylation sites is 2. The average molecular weight is 312 g/mol. The standard InChI is InChI=1S/C17H20N4O2/c1-3-5-6-11-16(22)19-20-17(23)12-21-14-10-8-7-9-13(14)18-15(21)4-2/h3,5-11H,4,12H2,1-2H3,(H,19,22)(H,20,23)/b5-3+,11-6+. The molecule has 2 amide bonds. The minimum atomic E-state index is -0.386. The van der Waals surface area contributed by atoms with Gasteiger partial charge in [-0.3, -0.25) is 20.4 Å². The van der Waals surface area contributed by atoms with Crippen LogP contribution in [0.2, 0.25) is 0 Å². The Kier molecular flexibility index (Phi) is 5.68. The molecule has 1 aromatic carbocycles. The number of benzene rings is 1. The molecule has 0 unspecified atom stereocenters. The summed E-state index contributed by atoms with van der Waals surface area (Å²) in [6, 6.07) is 7.66. The molecule has 0 aliphatic rings. The second kappa shape index (κ2) is 7.93. The van der Waals surface area contributed by atoms with Crippen LogP contribution >= 0.6 is 0 Å². The molecular weight excluding hydrogens is 292 g/mol. The Morgan fingerprint density at radius 3 is 2.74 bits per heavy atom. The fraction of sp³-hybridized carbons (Fsp3) is 0.235. The van der Waals surface area contributed by atoms with Crippen molar-refractivity contribution in [3.8, 4) is 0 Å². The molecule has 2 aromatic rings. The maximum Gasteiger partial charge on any atom is 0.262 e. The number of rotatable bonds is 5. The molecule has 0 spiro atoms. The summed E-state index contributed by atoms with van der Waals surface area (Å²) >= 11 is 0. The van der Waals surface area contributed by atoms with E-state index in [4.69, 9.17) is 0 Å². The number of nitrogens with one attached hydrogen (secondary N) is 2. The Hall–Kier alpha value is -2.89. The lowest BCUT2D eigenvalue weighted by Crippen LogP contribution is -2.42. The SMILES string of the molecule is C/C=C/C=C/C(=O)NNC(=O)Cn1c(CC)nc2ccccc21. The lowest BCUT2D eigenvalue weighted by Gasteiger charge is -2.09. The molecular formula is C17H20N4O2. The van der Waals surface area contributed by atoms with Crippen LogP contribution in [0.4, 0.5) is 0 Å². The molecule has 0 bridgehead atoms. The highest BCUT2D eigenvalue weighted by atomic mass is 16.2. The van der Waals surface area contributed by atoms with Crippen molar-refractivity contribution >= 4 is 22.8 Å². The van der Waals surface area contributed by atoms with Gasteiger partial charge < -0.3 is 4.57 Å². The van der Waals surface area contributed by atoms with Crippen molar-refractivity contribution in [3.05, 3.63) is 54.4 Å². The van der Waals surface area contributed by atoms with Gasteiger partial charge in [-0.05, 0) is 19.1 Å². The number of carbonyl (C=O) groups excluding carboxylic acids is 2. The van der Waals surface area contributed by atoms with Crippen LogP contribution < -0.4 is 10.9 Å². The summed E-state index contributed by atoms with van der Waals surface area (Å²) < 4.78 is 1.85. The highest BCUT2D eigenvalue weighted by Crippen LogP contribution is 2.16. The Balaban J connectivity index is 2.02. The van der Waals surface area contributed by atoms with Gasteiger partial charge in [-0.1, -0.05) is 37.3 Å². The molecule has 0 saturated carbocycles. The molecule has 1 heterocycles. The molecule has 0 aliphatic heterocycles. The molecule has 0 fully saturated rings. The number of allylic oxidation sites excluding steroid dienone is 3. The molecule has 2 N–H and O–H groups in total. The van der Waals surface area contributed by atoms with Crippen molar-refractivity contribution in [2.24, 2.45) is 0 Å². The van der Waals surface area contributed by atoms with Gasteiger partial charge in [0.25, 0.3) is 11.8 Å². The maximum absolute atomic E-state index is 12.0. The zero-order valence-corrected chi connectivity index (χ0v) is 13.2. The average Bonchev–Trinajstić information content (AvgIpc) is 2.91. The van der Waals surface area contributed by atoms with E-state index in [0.29, 0.717) is 0 Å².